The summed E-state index contributed by atoms with van der Waals surface area (Å²) < 4.78 is 28.3. The fraction of sp³-hybridized carbons (Fsp3) is 0.320. The molecule has 1 fully saturated rings. The average Bonchev–Trinajstić information content (AvgIpc) is 3.35. The van der Waals surface area contributed by atoms with Crippen LogP contribution in [0.2, 0.25) is 0 Å². The van der Waals surface area contributed by atoms with Crippen molar-refractivity contribution in [1.29, 1.82) is 0 Å². The number of aliphatic hydroxyl groups is 3. The van der Waals surface area contributed by atoms with Crippen LogP contribution in [0.15, 0.2) is 48.7 Å². The molecule has 0 saturated heterocycles. The first kappa shape index (κ1) is 24.4. The van der Waals surface area contributed by atoms with E-state index >= 15 is 0 Å². The van der Waals surface area contributed by atoms with Crippen LogP contribution in [0.1, 0.15) is 20.3 Å². The van der Waals surface area contributed by atoms with E-state index in [1.165, 1.54) is 17.5 Å². The zero-order valence-corrected chi connectivity index (χ0v) is 20.3. The van der Waals surface area contributed by atoms with E-state index in [0.29, 0.717) is 16.4 Å². The number of para-hydroxylation sites is 1. The Labute approximate surface area is 209 Å². The number of thiazole rings is 1. The molecule has 0 aliphatic heterocycles. The standard InChI is InChI=1S/C25H25F2N5O3S/c1-25(2,35)16-10-18(21(34)20(16)33)30-22-15(23-31-17-5-3-4-6-19(17)36-23)11-28-24(32-22)29-14-8-12(26)7-13(27)9-14/h3-9,11,16,18,20-21,33-35H,10H2,1-2H3,(H2,28,29,30,32)/t16-,18+,20+,21-/m0/s1. The van der Waals surface area contributed by atoms with Gasteiger partial charge in [-0.3, -0.25) is 0 Å². The number of halogens is 2. The molecule has 188 valence electrons. The largest absolute Gasteiger partial charge is 0.390 e. The van der Waals surface area contributed by atoms with E-state index in [9.17, 15) is 24.1 Å². The number of nitrogens with zero attached hydrogens (tertiary/aromatic N) is 3. The summed E-state index contributed by atoms with van der Waals surface area (Å²) in [7, 11) is 0. The summed E-state index contributed by atoms with van der Waals surface area (Å²) in [4.78, 5) is 13.5. The topological polar surface area (TPSA) is 123 Å². The van der Waals surface area contributed by atoms with Crippen molar-refractivity contribution >= 4 is 39.0 Å². The maximum atomic E-state index is 13.7. The molecule has 4 atom stereocenters. The third kappa shape index (κ3) is 4.87. The predicted octanol–water partition coefficient (Wildman–Crippen LogP) is 4.07. The minimum Gasteiger partial charge on any atom is -0.390 e. The maximum absolute atomic E-state index is 13.7. The van der Waals surface area contributed by atoms with Gasteiger partial charge in [0.2, 0.25) is 5.95 Å². The van der Waals surface area contributed by atoms with Crippen molar-refractivity contribution < 1.29 is 24.1 Å². The lowest BCUT2D eigenvalue weighted by atomic mass is 9.88. The van der Waals surface area contributed by atoms with E-state index < -0.39 is 41.4 Å². The van der Waals surface area contributed by atoms with Crippen LogP contribution in [0.4, 0.5) is 26.2 Å². The first-order chi connectivity index (χ1) is 17.1. The Kier molecular flexibility index (Phi) is 6.33. The zero-order valence-electron chi connectivity index (χ0n) is 19.5. The Morgan fingerprint density at radius 3 is 2.42 bits per heavy atom. The van der Waals surface area contributed by atoms with Gasteiger partial charge >= 0.3 is 0 Å². The fourth-order valence-corrected chi connectivity index (χ4v) is 5.48. The molecule has 1 saturated carbocycles. The van der Waals surface area contributed by atoms with Gasteiger partial charge in [-0.15, -0.1) is 11.3 Å². The van der Waals surface area contributed by atoms with Gasteiger partial charge in [0.1, 0.15) is 28.6 Å². The summed E-state index contributed by atoms with van der Waals surface area (Å²) in [6.45, 7) is 3.18. The van der Waals surface area contributed by atoms with Crippen LogP contribution in [0.3, 0.4) is 0 Å². The third-order valence-corrected chi connectivity index (χ3v) is 7.41. The number of hydrogen-bond donors (Lipinski definition) is 5. The number of aliphatic hydroxyl groups excluding tert-OH is 2. The second-order valence-corrected chi connectivity index (χ2v) is 10.5. The smallest absolute Gasteiger partial charge is 0.229 e. The van der Waals surface area contributed by atoms with Crippen LogP contribution < -0.4 is 10.6 Å². The minimum absolute atomic E-state index is 0.0689. The molecule has 2 heterocycles. The molecular formula is C25H25F2N5O3S. The van der Waals surface area contributed by atoms with Gasteiger partial charge in [-0.1, -0.05) is 12.1 Å². The summed E-state index contributed by atoms with van der Waals surface area (Å²) in [5.74, 6) is -1.67. The maximum Gasteiger partial charge on any atom is 0.229 e. The number of nitrogens with one attached hydrogen (secondary N) is 2. The first-order valence-corrected chi connectivity index (χ1v) is 12.2. The minimum atomic E-state index is -1.20. The van der Waals surface area contributed by atoms with E-state index in [4.69, 9.17) is 0 Å². The van der Waals surface area contributed by atoms with Gasteiger partial charge in [-0.25, -0.2) is 18.7 Å². The van der Waals surface area contributed by atoms with E-state index in [1.54, 1.807) is 13.8 Å². The fourth-order valence-electron chi connectivity index (χ4n) is 4.51. The normalized spacial score (nSPS) is 22.2. The number of hydrogen-bond acceptors (Lipinski definition) is 9. The van der Waals surface area contributed by atoms with Crippen molar-refractivity contribution in [3.05, 3.63) is 60.3 Å². The van der Waals surface area contributed by atoms with Crippen LogP contribution in [0.5, 0.6) is 0 Å². The van der Waals surface area contributed by atoms with Gasteiger partial charge in [0.05, 0.1) is 33.5 Å². The molecule has 0 amide bonds. The molecule has 2 aromatic heterocycles. The molecule has 4 aromatic rings. The summed E-state index contributed by atoms with van der Waals surface area (Å²) in [6, 6.07) is 10.0. The second-order valence-electron chi connectivity index (χ2n) is 9.45. The highest BCUT2D eigenvalue weighted by Gasteiger charge is 2.47. The molecular weight excluding hydrogens is 488 g/mol. The van der Waals surface area contributed by atoms with Gasteiger partial charge < -0.3 is 26.0 Å². The monoisotopic (exact) mass is 513 g/mol. The highest BCUT2D eigenvalue weighted by Crippen LogP contribution is 2.39. The van der Waals surface area contributed by atoms with Gasteiger partial charge in [0, 0.05) is 23.9 Å². The summed E-state index contributed by atoms with van der Waals surface area (Å²) in [5.41, 5.74) is 0.288. The second kappa shape index (κ2) is 9.32. The number of anilines is 3. The van der Waals surface area contributed by atoms with Crippen LogP contribution in [0, 0.1) is 17.6 Å². The van der Waals surface area contributed by atoms with Crippen LogP contribution >= 0.6 is 11.3 Å². The Bertz CT molecular complexity index is 1360. The average molecular weight is 514 g/mol. The molecule has 0 spiro atoms. The van der Waals surface area contributed by atoms with E-state index in [2.05, 4.69) is 25.6 Å². The summed E-state index contributed by atoms with van der Waals surface area (Å²) >= 11 is 1.44. The first-order valence-electron chi connectivity index (χ1n) is 11.4. The zero-order chi connectivity index (χ0) is 25.6. The van der Waals surface area contributed by atoms with Crippen molar-refractivity contribution in [1.82, 2.24) is 15.0 Å². The number of fused-ring (bicyclic) bond motifs is 1. The highest BCUT2D eigenvalue weighted by molar-refractivity contribution is 7.21. The van der Waals surface area contributed by atoms with Crippen molar-refractivity contribution in [3.63, 3.8) is 0 Å². The molecule has 36 heavy (non-hydrogen) atoms. The van der Waals surface area contributed by atoms with Crippen molar-refractivity contribution in [3.8, 4) is 10.6 Å². The molecule has 1 aliphatic rings. The molecule has 0 bridgehead atoms. The van der Waals surface area contributed by atoms with Gasteiger partial charge in [-0.2, -0.15) is 4.98 Å². The summed E-state index contributed by atoms with van der Waals surface area (Å²) in [5, 5.41) is 38.3. The third-order valence-electron chi connectivity index (χ3n) is 6.34. The number of benzene rings is 2. The van der Waals surface area contributed by atoms with E-state index in [0.717, 1.165) is 28.4 Å². The van der Waals surface area contributed by atoms with E-state index in [1.807, 2.05) is 24.3 Å². The van der Waals surface area contributed by atoms with Gasteiger partial charge in [0.15, 0.2) is 0 Å². The van der Waals surface area contributed by atoms with Crippen molar-refractivity contribution in [2.75, 3.05) is 10.6 Å². The SMILES string of the molecule is CC(C)(O)[C@H]1C[C@@H](Nc2nc(Nc3cc(F)cc(F)c3)ncc2-c2nc3ccccc3s2)[C@H](O)[C@@H]1O. The Morgan fingerprint density at radius 2 is 1.75 bits per heavy atom. The molecule has 1 aliphatic carbocycles. The molecule has 5 rings (SSSR count). The molecule has 5 N–H and O–H groups in total. The predicted molar refractivity (Wildman–Crippen MR) is 134 cm³/mol. The molecule has 0 unspecified atom stereocenters. The van der Waals surface area contributed by atoms with Gasteiger partial charge in [-0.05, 0) is 44.5 Å². The number of aromatic nitrogens is 3. The van der Waals surface area contributed by atoms with Crippen LogP contribution in [-0.2, 0) is 0 Å². The summed E-state index contributed by atoms with van der Waals surface area (Å²) in [6.07, 6.45) is -0.472. The van der Waals surface area contributed by atoms with Crippen molar-refractivity contribution in [2.45, 2.75) is 44.1 Å². The Balaban J connectivity index is 1.52. The highest BCUT2D eigenvalue weighted by atomic mass is 32.1. The molecule has 8 nitrogen and oxygen atoms in total. The Hall–Kier alpha value is -3.25. The lowest BCUT2D eigenvalue weighted by Gasteiger charge is -2.28. The molecule has 0 radical (unpaired) electrons. The van der Waals surface area contributed by atoms with Gasteiger partial charge in [0.25, 0.3) is 0 Å². The number of rotatable bonds is 6. The lowest BCUT2D eigenvalue weighted by molar-refractivity contribution is -0.0601. The van der Waals surface area contributed by atoms with Crippen molar-refractivity contribution in [2.24, 2.45) is 5.92 Å². The van der Waals surface area contributed by atoms with E-state index in [-0.39, 0.29) is 18.1 Å². The van der Waals surface area contributed by atoms with Crippen LogP contribution in [-0.4, -0.2) is 54.1 Å². The van der Waals surface area contributed by atoms with Crippen LogP contribution in [0.25, 0.3) is 20.8 Å². The lowest BCUT2D eigenvalue weighted by Crippen LogP contribution is -2.40. The Morgan fingerprint density at radius 1 is 1.03 bits per heavy atom. The molecule has 2 aromatic carbocycles. The quantitative estimate of drug-likeness (QED) is 0.262. The molecule has 11 heteroatoms.